The second kappa shape index (κ2) is 4.58. The fourth-order valence-electron chi connectivity index (χ4n) is 5.38. The fourth-order valence-corrected chi connectivity index (χ4v) is 6.84. The SMILES string of the molecule is Cc1ccccc1NC(=O)C12CC3CC(CC(Br)(C3)C1)C2. The monoisotopic (exact) mass is 347 g/mol. The summed E-state index contributed by atoms with van der Waals surface area (Å²) in [5, 5.41) is 3.22. The molecule has 2 nitrogen and oxygen atoms in total. The van der Waals surface area contributed by atoms with Crippen LogP contribution in [-0.2, 0) is 4.79 Å². The van der Waals surface area contributed by atoms with Crippen LogP contribution in [0.1, 0.15) is 44.1 Å². The van der Waals surface area contributed by atoms with Crippen molar-refractivity contribution in [3.05, 3.63) is 29.8 Å². The number of carbonyl (C=O) groups is 1. The van der Waals surface area contributed by atoms with E-state index in [1.807, 2.05) is 18.2 Å². The molecule has 0 radical (unpaired) electrons. The zero-order valence-electron chi connectivity index (χ0n) is 12.5. The van der Waals surface area contributed by atoms with Crippen molar-refractivity contribution in [2.45, 2.75) is 49.8 Å². The van der Waals surface area contributed by atoms with E-state index < -0.39 is 0 Å². The number of alkyl halides is 1. The van der Waals surface area contributed by atoms with Crippen LogP contribution in [0.15, 0.2) is 24.3 Å². The molecule has 4 fully saturated rings. The highest BCUT2D eigenvalue weighted by Crippen LogP contribution is 2.64. The molecule has 1 aromatic carbocycles. The summed E-state index contributed by atoms with van der Waals surface area (Å²) in [6.45, 7) is 2.06. The first-order valence-corrected chi connectivity index (χ1v) is 8.83. The van der Waals surface area contributed by atoms with Crippen molar-refractivity contribution < 1.29 is 4.79 Å². The minimum Gasteiger partial charge on any atom is -0.325 e. The summed E-state index contributed by atoms with van der Waals surface area (Å²) in [6, 6.07) is 8.08. The van der Waals surface area contributed by atoms with E-state index in [1.54, 1.807) is 0 Å². The number of nitrogens with one attached hydrogen (secondary N) is 1. The molecule has 0 spiro atoms. The van der Waals surface area contributed by atoms with Crippen molar-refractivity contribution >= 4 is 27.5 Å². The van der Waals surface area contributed by atoms with E-state index >= 15 is 0 Å². The lowest BCUT2D eigenvalue weighted by Crippen LogP contribution is -2.57. The van der Waals surface area contributed by atoms with E-state index in [4.69, 9.17) is 0 Å². The smallest absolute Gasteiger partial charge is 0.230 e. The molecule has 3 heteroatoms. The molecule has 0 aliphatic heterocycles. The zero-order valence-corrected chi connectivity index (χ0v) is 14.1. The van der Waals surface area contributed by atoms with Gasteiger partial charge in [-0.15, -0.1) is 0 Å². The van der Waals surface area contributed by atoms with Gasteiger partial charge in [0, 0.05) is 10.0 Å². The largest absolute Gasteiger partial charge is 0.325 e. The third-order valence-electron chi connectivity index (χ3n) is 5.86. The van der Waals surface area contributed by atoms with Crippen LogP contribution in [0.3, 0.4) is 0 Å². The summed E-state index contributed by atoms with van der Waals surface area (Å²) in [5.74, 6) is 1.75. The summed E-state index contributed by atoms with van der Waals surface area (Å²) >= 11 is 3.98. The van der Waals surface area contributed by atoms with Crippen LogP contribution in [-0.4, -0.2) is 10.2 Å². The molecule has 1 aromatic rings. The first-order chi connectivity index (χ1) is 9.98. The van der Waals surface area contributed by atoms with Gasteiger partial charge in [-0.1, -0.05) is 34.1 Å². The number of aryl methyl sites for hydroxylation is 1. The second-order valence-electron chi connectivity index (χ2n) is 7.66. The maximum absolute atomic E-state index is 13.0. The predicted octanol–water partition coefficient (Wildman–Crippen LogP) is 4.67. The van der Waals surface area contributed by atoms with E-state index in [1.165, 1.54) is 19.3 Å². The van der Waals surface area contributed by atoms with Crippen LogP contribution >= 0.6 is 15.9 Å². The van der Waals surface area contributed by atoms with Crippen molar-refractivity contribution in [1.29, 1.82) is 0 Å². The van der Waals surface area contributed by atoms with Crippen molar-refractivity contribution in [2.75, 3.05) is 5.32 Å². The Morgan fingerprint density at radius 3 is 2.48 bits per heavy atom. The Kier molecular flexibility index (Phi) is 3.01. The van der Waals surface area contributed by atoms with Crippen molar-refractivity contribution in [3.8, 4) is 0 Å². The molecule has 0 saturated heterocycles. The Labute approximate surface area is 134 Å². The maximum Gasteiger partial charge on any atom is 0.230 e. The van der Waals surface area contributed by atoms with Gasteiger partial charge in [-0.2, -0.15) is 0 Å². The number of anilines is 1. The van der Waals surface area contributed by atoms with Crippen molar-refractivity contribution in [1.82, 2.24) is 0 Å². The number of hydrogen-bond donors (Lipinski definition) is 1. The van der Waals surface area contributed by atoms with Crippen LogP contribution in [0.5, 0.6) is 0 Å². The molecule has 21 heavy (non-hydrogen) atoms. The van der Waals surface area contributed by atoms with E-state index in [0.29, 0.717) is 0 Å². The van der Waals surface area contributed by atoms with Gasteiger partial charge in [0.15, 0.2) is 0 Å². The quantitative estimate of drug-likeness (QED) is 0.774. The molecule has 0 heterocycles. The number of halogens is 1. The molecule has 1 N–H and O–H groups in total. The van der Waals surface area contributed by atoms with Gasteiger partial charge in [0.25, 0.3) is 0 Å². The molecule has 4 aliphatic carbocycles. The Morgan fingerprint density at radius 2 is 1.86 bits per heavy atom. The van der Waals surface area contributed by atoms with Gasteiger partial charge >= 0.3 is 0 Å². The van der Waals surface area contributed by atoms with Gasteiger partial charge in [0.2, 0.25) is 5.91 Å². The maximum atomic E-state index is 13.0. The highest BCUT2D eigenvalue weighted by Gasteiger charge is 2.59. The standard InChI is InChI=1S/C18H22BrNO/c1-12-4-2-3-5-15(12)20-16(21)17-7-13-6-14(8-17)10-18(19,9-13)11-17/h2-5,13-14H,6-11H2,1H3,(H,20,21). The number of hydrogen-bond acceptors (Lipinski definition) is 1. The van der Waals surface area contributed by atoms with Crippen LogP contribution in [0, 0.1) is 24.2 Å². The average molecular weight is 348 g/mol. The van der Waals surface area contributed by atoms with E-state index in [9.17, 15) is 4.79 Å². The lowest BCUT2D eigenvalue weighted by atomic mass is 9.49. The first kappa shape index (κ1) is 13.8. The van der Waals surface area contributed by atoms with Crippen LogP contribution in [0.4, 0.5) is 5.69 Å². The number of rotatable bonds is 2. The Morgan fingerprint density at radius 1 is 1.19 bits per heavy atom. The highest BCUT2D eigenvalue weighted by molar-refractivity contribution is 9.10. The van der Waals surface area contributed by atoms with E-state index in [0.717, 1.165) is 42.3 Å². The van der Waals surface area contributed by atoms with Crippen LogP contribution < -0.4 is 5.32 Å². The normalized spacial score (nSPS) is 40.3. The van der Waals surface area contributed by atoms with Gasteiger partial charge in [0.1, 0.15) is 0 Å². The molecule has 112 valence electrons. The molecule has 1 amide bonds. The summed E-state index contributed by atoms with van der Waals surface area (Å²) in [4.78, 5) is 13.0. The van der Waals surface area contributed by atoms with Gasteiger partial charge in [-0.05, 0) is 68.9 Å². The van der Waals surface area contributed by atoms with Crippen molar-refractivity contribution in [3.63, 3.8) is 0 Å². The molecule has 4 bridgehead atoms. The number of para-hydroxylation sites is 1. The Bertz CT molecular complexity index is 583. The van der Waals surface area contributed by atoms with Crippen molar-refractivity contribution in [2.24, 2.45) is 17.3 Å². The summed E-state index contributed by atoms with van der Waals surface area (Å²) in [6.07, 6.45) is 7.08. The number of carbonyl (C=O) groups excluding carboxylic acids is 1. The highest BCUT2D eigenvalue weighted by atomic mass is 79.9. The number of amides is 1. The topological polar surface area (TPSA) is 29.1 Å². The predicted molar refractivity (Wildman–Crippen MR) is 88.6 cm³/mol. The third-order valence-corrected chi connectivity index (χ3v) is 6.79. The minimum atomic E-state index is -0.129. The molecule has 4 saturated carbocycles. The van der Waals surface area contributed by atoms with Crippen LogP contribution in [0.2, 0.25) is 0 Å². The van der Waals surface area contributed by atoms with Gasteiger partial charge < -0.3 is 5.32 Å². The second-order valence-corrected chi connectivity index (χ2v) is 9.34. The molecule has 4 aliphatic rings. The molecule has 5 rings (SSSR count). The van der Waals surface area contributed by atoms with E-state index in [2.05, 4.69) is 34.2 Å². The van der Waals surface area contributed by atoms with E-state index in [-0.39, 0.29) is 15.6 Å². The molecular weight excluding hydrogens is 326 g/mol. The zero-order chi connectivity index (χ0) is 14.7. The van der Waals surface area contributed by atoms with Gasteiger partial charge in [-0.25, -0.2) is 0 Å². The number of benzene rings is 1. The minimum absolute atomic E-state index is 0.129. The van der Waals surface area contributed by atoms with Crippen LogP contribution in [0.25, 0.3) is 0 Å². The first-order valence-electron chi connectivity index (χ1n) is 8.04. The molecule has 2 unspecified atom stereocenters. The van der Waals surface area contributed by atoms with Gasteiger partial charge in [0.05, 0.1) is 5.41 Å². The third kappa shape index (κ3) is 2.25. The molecular formula is C18H22BrNO. The molecule has 2 atom stereocenters. The average Bonchev–Trinajstić information content (AvgIpc) is 2.38. The summed E-state index contributed by atoms with van der Waals surface area (Å²) in [5.41, 5.74) is 1.99. The summed E-state index contributed by atoms with van der Waals surface area (Å²) in [7, 11) is 0. The lowest BCUT2D eigenvalue weighted by molar-refractivity contribution is -0.138. The molecule has 0 aromatic heterocycles. The lowest BCUT2D eigenvalue weighted by Gasteiger charge is -2.59. The Hall–Kier alpha value is -0.830. The Balaban J connectivity index is 1.61. The fraction of sp³-hybridized carbons (Fsp3) is 0.611. The van der Waals surface area contributed by atoms with Gasteiger partial charge in [-0.3, -0.25) is 4.79 Å². The summed E-state index contributed by atoms with van der Waals surface area (Å²) < 4.78 is 0.236.